The first-order valence-corrected chi connectivity index (χ1v) is 5.59. The number of nitro benzene ring substituents is 1. The summed E-state index contributed by atoms with van der Waals surface area (Å²) in [5.41, 5.74) is 1.71. The summed E-state index contributed by atoms with van der Waals surface area (Å²) in [7, 11) is 0. The van der Waals surface area contributed by atoms with E-state index in [-0.39, 0.29) is 11.6 Å². The normalized spacial score (nSPS) is 10.2. The van der Waals surface area contributed by atoms with Crippen molar-refractivity contribution in [3.05, 3.63) is 57.5 Å². The molecule has 1 N–H and O–H groups in total. The zero-order valence-electron chi connectivity index (χ0n) is 10.5. The van der Waals surface area contributed by atoms with Crippen molar-refractivity contribution in [3.63, 3.8) is 0 Å². The number of non-ortho nitro benzene ring substituents is 1. The van der Waals surface area contributed by atoms with E-state index in [2.05, 4.69) is 5.32 Å². The Hall–Kier alpha value is -2.63. The van der Waals surface area contributed by atoms with Gasteiger partial charge in [0, 0.05) is 23.4 Å². The van der Waals surface area contributed by atoms with Crippen molar-refractivity contribution in [1.29, 1.82) is 0 Å². The molecule has 1 heterocycles. The monoisotopic (exact) mass is 260 g/mol. The first-order chi connectivity index (χ1) is 8.99. The van der Waals surface area contributed by atoms with Crippen LogP contribution in [0.5, 0.6) is 0 Å². The average molecular weight is 260 g/mol. The fourth-order valence-corrected chi connectivity index (χ4v) is 1.77. The number of nitrogens with zero attached hydrogens (tertiary/aromatic N) is 1. The summed E-state index contributed by atoms with van der Waals surface area (Å²) in [5, 5.41) is 13.2. The summed E-state index contributed by atoms with van der Waals surface area (Å²) in [5.74, 6) is 0.245. The number of benzene rings is 1. The number of amides is 1. The average Bonchev–Trinajstić information content (AvgIpc) is 2.69. The Bertz CT molecular complexity index is 609. The van der Waals surface area contributed by atoms with Crippen LogP contribution in [0.15, 0.2) is 34.9 Å². The number of hydrogen-bond donors (Lipinski definition) is 1. The van der Waals surface area contributed by atoms with E-state index in [4.69, 9.17) is 4.42 Å². The standard InChI is InChI=1S/C13H12N2O4/c1-8-7-19-9(2)12(8)13(16)14-10-3-5-11(6-4-10)15(17)18/h3-7H,1-2H3,(H,14,16). The Morgan fingerprint density at radius 2 is 1.89 bits per heavy atom. The van der Waals surface area contributed by atoms with Gasteiger partial charge >= 0.3 is 0 Å². The van der Waals surface area contributed by atoms with Gasteiger partial charge in [-0.25, -0.2) is 0 Å². The molecule has 1 aromatic carbocycles. The molecule has 1 aromatic heterocycles. The summed E-state index contributed by atoms with van der Waals surface area (Å²) in [6.45, 7) is 3.49. The maximum absolute atomic E-state index is 12.0. The third-order valence-electron chi connectivity index (χ3n) is 2.72. The van der Waals surface area contributed by atoms with Gasteiger partial charge in [-0.15, -0.1) is 0 Å². The maximum atomic E-state index is 12.0. The van der Waals surface area contributed by atoms with Crippen LogP contribution in [0.4, 0.5) is 11.4 Å². The van der Waals surface area contributed by atoms with E-state index in [1.807, 2.05) is 0 Å². The van der Waals surface area contributed by atoms with Gasteiger partial charge in [-0.05, 0) is 26.0 Å². The summed E-state index contributed by atoms with van der Waals surface area (Å²) in [4.78, 5) is 22.1. The summed E-state index contributed by atoms with van der Waals surface area (Å²) >= 11 is 0. The Balaban J connectivity index is 2.17. The number of nitro groups is 1. The Labute approximate surface area is 109 Å². The molecule has 19 heavy (non-hydrogen) atoms. The lowest BCUT2D eigenvalue weighted by atomic mass is 10.1. The predicted molar refractivity (Wildman–Crippen MR) is 69.2 cm³/mol. The number of carbonyl (C=O) groups excluding carboxylic acids is 1. The van der Waals surface area contributed by atoms with Crippen molar-refractivity contribution in [1.82, 2.24) is 0 Å². The molecule has 0 radical (unpaired) electrons. The molecule has 0 atom stereocenters. The number of rotatable bonds is 3. The minimum atomic E-state index is -0.490. The van der Waals surface area contributed by atoms with Crippen molar-refractivity contribution in [2.24, 2.45) is 0 Å². The number of anilines is 1. The first kappa shape index (κ1) is 12.8. The lowest BCUT2D eigenvalue weighted by Crippen LogP contribution is -2.13. The van der Waals surface area contributed by atoms with Gasteiger partial charge in [0.25, 0.3) is 11.6 Å². The van der Waals surface area contributed by atoms with Gasteiger partial charge < -0.3 is 9.73 Å². The Kier molecular flexibility index (Phi) is 3.33. The number of aryl methyl sites for hydroxylation is 2. The highest BCUT2D eigenvalue weighted by molar-refractivity contribution is 6.05. The molecule has 0 saturated heterocycles. The molecule has 0 aliphatic heterocycles. The zero-order valence-corrected chi connectivity index (χ0v) is 10.5. The second kappa shape index (κ2) is 4.93. The number of hydrogen-bond acceptors (Lipinski definition) is 4. The molecule has 0 aliphatic rings. The van der Waals surface area contributed by atoms with E-state index in [0.717, 1.165) is 5.56 Å². The van der Waals surface area contributed by atoms with Crippen LogP contribution in [0.1, 0.15) is 21.7 Å². The smallest absolute Gasteiger partial charge is 0.269 e. The lowest BCUT2D eigenvalue weighted by Gasteiger charge is -2.04. The third kappa shape index (κ3) is 2.62. The van der Waals surface area contributed by atoms with Crippen molar-refractivity contribution in [3.8, 4) is 0 Å². The fourth-order valence-electron chi connectivity index (χ4n) is 1.77. The molecule has 0 bridgehead atoms. The van der Waals surface area contributed by atoms with Crippen LogP contribution in [0.25, 0.3) is 0 Å². The highest BCUT2D eigenvalue weighted by atomic mass is 16.6. The van der Waals surface area contributed by atoms with Gasteiger partial charge in [-0.1, -0.05) is 0 Å². The minimum absolute atomic E-state index is 0.0197. The quantitative estimate of drug-likeness (QED) is 0.678. The van der Waals surface area contributed by atoms with Crippen molar-refractivity contribution in [2.75, 3.05) is 5.32 Å². The molecule has 2 aromatic rings. The maximum Gasteiger partial charge on any atom is 0.269 e. The topological polar surface area (TPSA) is 85.4 Å². The molecule has 0 spiro atoms. The molecule has 1 amide bonds. The largest absolute Gasteiger partial charge is 0.469 e. The van der Waals surface area contributed by atoms with Crippen LogP contribution in [-0.2, 0) is 0 Å². The van der Waals surface area contributed by atoms with Gasteiger partial charge in [0.05, 0.1) is 16.7 Å². The van der Waals surface area contributed by atoms with Gasteiger partial charge in [0.15, 0.2) is 0 Å². The molecule has 0 aliphatic carbocycles. The van der Waals surface area contributed by atoms with Gasteiger partial charge in [0.2, 0.25) is 0 Å². The Morgan fingerprint density at radius 3 is 2.37 bits per heavy atom. The third-order valence-corrected chi connectivity index (χ3v) is 2.72. The van der Waals surface area contributed by atoms with E-state index >= 15 is 0 Å². The summed E-state index contributed by atoms with van der Waals surface area (Å²) in [6.07, 6.45) is 1.51. The minimum Gasteiger partial charge on any atom is -0.469 e. The molecular weight excluding hydrogens is 248 g/mol. The molecule has 6 nitrogen and oxygen atoms in total. The van der Waals surface area contributed by atoms with Crippen LogP contribution in [0.3, 0.4) is 0 Å². The van der Waals surface area contributed by atoms with Crippen molar-refractivity contribution < 1.29 is 14.1 Å². The van der Waals surface area contributed by atoms with Gasteiger partial charge in [0.1, 0.15) is 5.76 Å². The second-order valence-electron chi connectivity index (χ2n) is 4.11. The van der Waals surface area contributed by atoms with Crippen LogP contribution < -0.4 is 5.32 Å². The lowest BCUT2D eigenvalue weighted by molar-refractivity contribution is -0.384. The molecular formula is C13H12N2O4. The fraction of sp³-hybridized carbons (Fsp3) is 0.154. The molecule has 0 unspecified atom stereocenters. The highest BCUT2D eigenvalue weighted by Gasteiger charge is 2.16. The van der Waals surface area contributed by atoms with E-state index < -0.39 is 4.92 Å². The van der Waals surface area contributed by atoms with Crippen molar-refractivity contribution >= 4 is 17.3 Å². The molecule has 6 heteroatoms. The van der Waals surface area contributed by atoms with E-state index in [0.29, 0.717) is 17.0 Å². The van der Waals surface area contributed by atoms with Crippen LogP contribution >= 0.6 is 0 Å². The van der Waals surface area contributed by atoms with Crippen LogP contribution in [0, 0.1) is 24.0 Å². The van der Waals surface area contributed by atoms with E-state index in [9.17, 15) is 14.9 Å². The molecule has 0 saturated carbocycles. The number of carbonyl (C=O) groups is 1. The number of furan rings is 1. The van der Waals surface area contributed by atoms with Crippen molar-refractivity contribution in [2.45, 2.75) is 13.8 Å². The van der Waals surface area contributed by atoms with Crippen LogP contribution in [-0.4, -0.2) is 10.8 Å². The molecule has 2 rings (SSSR count). The summed E-state index contributed by atoms with van der Waals surface area (Å²) < 4.78 is 5.15. The molecule has 98 valence electrons. The van der Waals surface area contributed by atoms with Gasteiger partial charge in [-0.2, -0.15) is 0 Å². The zero-order chi connectivity index (χ0) is 14.0. The SMILES string of the molecule is Cc1coc(C)c1C(=O)Nc1ccc([N+](=O)[O-])cc1. The first-order valence-electron chi connectivity index (χ1n) is 5.59. The Morgan fingerprint density at radius 1 is 1.26 bits per heavy atom. The van der Waals surface area contributed by atoms with Gasteiger partial charge in [-0.3, -0.25) is 14.9 Å². The van der Waals surface area contributed by atoms with E-state index in [1.165, 1.54) is 30.5 Å². The highest BCUT2D eigenvalue weighted by Crippen LogP contribution is 2.19. The molecule has 0 fully saturated rings. The second-order valence-corrected chi connectivity index (χ2v) is 4.11. The van der Waals surface area contributed by atoms with E-state index in [1.54, 1.807) is 13.8 Å². The summed E-state index contributed by atoms with van der Waals surface area (Å²) in [6, 6.07) is 5.65. The predicted octanol–water partition coefficient (Wildman–Crippen LogP) is 3.06. The number of nitrogens with one attached hydrogen (secondary N) is 1. The van der Waals surface area contributed by atoms with Crippen LogP contribution in [0.2, 0.25) is 0 Å².